The molecule has 1 aliphatic heterocycles. The fourth-order valence-corrected chi connectivity index (χ4v) is 5.19. The van der Waals surface area contributed by atoms with E-state index in [0.29, 0.717) is 0 Å². The van der Waals surface area contributed by atoms with Crippen molar-refractivity contribution in [2.45, 2.75) is 69.5 Å². The van der Waals surface area contributed by atoms with Gasteiger partial charge in [-0.3, -0.25) is 0 Å². The van der Waals surface area contributed by atoms with Gasteiger partial charge in [-0.1, -0.05) is 31.8 Å². The predicted molar refractivity (Wildman–Crippen MR) is 97.0 cm³/mol. The maximum atomic E-state index is 10.4. The van der Waals surface area contributed by atoms with Crippen LogP contribution in [0.3, 0.4) is 0 Å². The Morgan fingerprint density at radius 2 is 1.83 bits per heavy atom. The van der Waals surface area contributed by atoms with Crippen LogP contribution in [0.15, 0.2) is 12.2 Å². The zero-order chi connectivity index (χ0) is 16.3. The Kier molecular flexibility index (Phi) is 9.13. The van der Waals surface area contributed by atoms with Gasteiger partial charge in [0.2, 0.25) is 0 Å². The zero-order valence-corrected chi connectivity index (χ0v) is 15.1. The highest BCUT2D eigenvalue weighted by Gasteiger charge is 2.27. The van der Waals surface area contributed by atoms with E-state index in [1.807, 2.05) is 0 Å². The number of carbonyl (C=O) groups is 1. The van der Waals surface area contributed by atoms with E-state index in [2.05, 4.69) is 11.8 Å². The fraction of sp³-hybridized carbons (Fsp3) is 0.842. The lowest BCUT2D eigenvalue weighted by Crippen LogP contribution is -2.15. The summed E-state index contributed by atoms with van der Waals surface area (Å²) in [4.78, 5) is 10.4. The van der Waals surface area contributed by atoms with E-state index >= 15 is 0 Å². The molecule has 0 amide bonds. The van der Waals surface area contributed by atoms with E-state index in [4.69, 9.17) is 9.84 Å². The summed E-state index contributed by atoms with van der Waals surface area (Å²) in [6.07, 6.45) is 15.9. The number of hydrogen-bond acceptors (Lipinski definition) is 3. The Labute approximate surface area is 145 Å². The molecule has 0 aromatic heterocycles. The maximum Gasteiger partial charge on any atom is 0.327 e. The van der Waals surface area contributed by atoms with Crippen LogP contribution in [0.4, 0.5) is 0 Å². The number of carboxylic acids is 1. The van der Waals surface area contributed by atoms with Crippen molar-refractivity contribution in [2.24, 2.45) is 11.8 Å². The number of aliphatic carboxylic acids is 1. The molecule has 2 unspecified atom stereocenters. The normalized spacial score (nSPS) is 26.1. The van der Waals surface area contributed by atoms with Crippen LogP contribution in [0.1, 0.15) is 64.2 Å². The monoisotopic (exact) mass is 340 g/mol. The fourth-order valence-electron chi connectivity index (χ4n) is 3.75. The van der Waals surface area contributed by atoms with Crippen LogP contribution >= 0.6 is 11.8 Å². The number of carboxylic acid groups (broad SMARTS) is 1. The lowest BCUT2D eigenvalue weighted by Gasteiger charge is -2.22. The summed E-state index contributed by atoms with van der Waals surface area (Å²) in [5.41, 5.74) is 0. The van der Waals surface area contributed by atoms with Crippen LogP contribution in [0.25, 0.3) is 0 Å². The number of unbranched alkanes of at least 4 members (excludes halogenated alkanes) is 2. The first-order valence-electron chi connectivity index (χ1n) is 9.34. The molecule has 2 fully saturated rings. The summed E-state index contributed by atoms with van der Waals surface area (Å²) in [6, 6.07) is 0. The van der Waals surface area contributed by atoms with E-state index in [1.54, 1.807) is 6.08 Å². The Morgan fingerprint density at radius 1 is 1.09 bits per heavy atom. The molecule has 1 aliphatic carbocycles. The minimum atomic E-state index is -0.843. The molecule has 0 aromatic carbocycles. The summed E-state index contributed by atoms with van der Waals surface area (Å²) in [5.74, 6) is 1.94. The van der Waals surface area contributed by atoms with E-state index in [0.717, 1.165) is 43.1 Å². The molecular formula is C19H32O3S. The second-order valence-electron chi connectivity index (χ2n) is 7.00. The Balaban J connectivity index is 1.54. The number of thioether (sulfide) groups is 1. The third-order valence-electron chi connectivity index (χ3n) is 5.18. The molecule has 2 rings (SSSR count). The van der Waals surface area contributed by atoms with Gasteiger partial charge in [-0.25, -0.2) is 4.79 Å². The average Bonchev–Trinajstić information content (AvgIpc) is 2.99. The van der Waals surface area contributed by atoms with Crippen molar-refractivity contribution in [3.8, 4) is 0 Å². The standard InChI is InChI=1S/C19H32O3S/c20-19(21)11-7-2-1-4-8-16-14-22-15-17(16)12-13-23-18-9-5-3-6-10-18/h7,11,16-18H,1-6,8-10,12-15H2,(H,20,21). The minimum absolute atomic E-state index is 0.727. The van der Waals surface area contributed by atoms with Crippen LogP contribution < -0.4 is 0 Å². The van der Waals surface area contributed by atoms with Crippen LogP contribution in [0, 0.1) is 11.8 Å². The first-order valence-corrected chi connectivity index (χ1v) is 10.4. The molecule has 0 spiro atoms. The minimum Gasteiger partial charge on any atom is -0.478 e. The third kappa shape index (κ3) is 7.75. The van der Waals surface area contributed by atoms with Crippen LogP contribution in [0.5, 0.6) is 0 Å². The molecule has 132 valence electrons. The molecule has 1 saturated heterocycles. The van der Waals surface area contributed by atoms with Gasteiger partial charge in [0.15, 0.2) is 0 Å². The van der Waals surface area contributed by atoms with Gasteiger partial charge in [-0.15, -0.1) is 0 Å². The highest BCUT2D eigenvalue weighted by Crippen LogP contribution is 2.33. The summed E-state index contributed by atoms with van der Waals surface area (Å²) in [6.45, 7) is 1.89. The predicted octanol–water partition coefficient (Wildman–Crippen LogP) is 4.91. The van der Waals surface area contributed by atoms with E-state index in [-0.39, 0.29) is 0 Å². The largest absolute Gasteiger partial charge is 0.478 e. The van der Waals surface area contributed by atoms with Gasteiger partial charge >= 0.3 is 5.97 Å². The van der Waals surface area contributed by atoms with Gasteiger partial charge in [-0.2, -0.15) is 11.8 Å². The Bertz CT molecular complexity index is 364. The summed E-state index contributed by atoms with van der Waals surface area (Å²) < 4.78 is 5.72. The highest BCUT2D eigenvalue weighted by molar-refractivity contribution is 7.99. The Hall–Kier alpha value is -0.480. The molecular weight excluding hydrogens is 308 g/mol. The van der Waals surface area contributed by atoms with Crippen molar-refractivity contribution in [2.75, 3.05) is 19.0 Å². The van der Waals surface area contributed by atoms with E-state index in [9.17, 15) is 4.79 Å². The third-order valence-corrected chi connectivity index (χ3v) is 6.60. The van der Waals surface area contributed by atoms with Crippen molar-refractivity contribution < 1.29 is 14.6 Å². The maximum absolute atomic E-state index is 10.4. The van der Waals surface area contributed by atoms with Gasteiger partial charge in [-0.05, 0) is 56.1 Å². The van der Waals surface area contributed by atoms with Gasteiger partial charge < -0.3 is 9.84 Å². The molecule has 0 radical (unpaired) electrons. The number of rotatable bonds is 10. The lowest BCUT2D eigenvalue weighted by atomic mass is 9.89. The average molecular weight is 341 g/mol. The SMILES string of the molecule is O=C(O)C=CCCCCC1COCC1CCSC1CCCCC1. The number of ether oxygens (including phenoxy) is 1. The first kappa shape index (κ1) is 18.9. The van der Waals surface area contributed by atoms with Crippen molar-refractivity contribution in [1.29, 1.82) is 0 Å². The van der Waals surface area contributed by atoms with Gasteiger partial charge in [0.1, 0.15) is 0 Å². The van der Waals surface area contributed by atoms with Gasteiger partial charge in [0.25, 0.3) is 0 Å². The van der Waals surface area contributed by atoms with Gasteiger partial charge in [0, 0.05) is 24.5 Å². The van der Waals surface area contributed by atoms with Crippen molar-refractivity contribution in [3.63, 3.8) is 0 Å². The molecule has 3 nitrogen and oxygen atoms in total. The quantitative estimate of drug-likeness (QED) is 0.453. The van der Waals surface area contributed by atoms with E-state index < -0.39 is 5.97 Å². The molecule has 1 N–H and O–H groups in total. The summed E-state index contributed by atoms with van der Waals surface area (Å²) in [5, 5.41) is 9.47. The van der Waals surface area contributed by atoms with Crippen LogP contribution in [-0.4, -0.2) is 35.3 Å². The smallest absolute Gasteiger partial charge is 0.327 e. The number of allylic oxidation sites excluding steroid dienone is 1. The molecule has 2 aliphatic rings. The topological polar surface area (TPSA) is 46.5 Å². The Morgan fingerprint density at radius 3 is 2.57 bits per heavy atom. The lowest BCUT2D eigenvalue weighted by molar-refractivity contribution is -0.131. The molecule has 1 saturated carbocycles. The van der Waals surface area contributed by atoms with E-state index in [1.165, 1.54) is 63.2 Å². The first-order chi connectivity index (χ1) is 11.3. The van der Waals surface area contributed by atoms with Crippen molar-refractivity contribution >= 4 is 17.7 Å². The second-order valence-corrected chi connectivity index (χ2v) is 8.41. The number of hydrogen-bond donors (Lipinski definition) is 1. The zero-order valence-electron chi connectivity index (χ0n) is 14.3. The molecule has 1 heterocycles. The second kappa shape index (κ2) is 11.1. The summed E-state index contributed by atoms with van der Waals surface area (Å²) in [7, 11) is 0. The van der Waals surface area contributed by atoms with Crippen molar-refractivity contribution in [1.82, 2.24) is 0 Å². The molecule has 23 heavy (non-hydrogen) atoms. The molecule has 2 atom stereocenters. The highest BCUT2D eigenvalue weighted by atomic mass is 32.2. The molecule has 0 aromatic rings. The molecule has 0 bridgehead atoms. The molecule has 4 heteroatoms. The van der Waals surface area contributed by atoms with Crippen LogP contribution in [0.2, 0.25) is 0 Å². The van der Waals surface area contributed by atoms with Crippen LogP contribution in [-0.2, 0) is 9.53 Å². The van der Waals surface area contributed by atoms with Gasteiger partial charge in [0.05, 0.1) is 0 Å². The summed E-state index contributed by atoms with van der Waals surface area (Å²) >= 11 is 2.20. The van der Waals surface area contributed by atoms with Crippen molar-refractivity contribution in [3.05, 3.63) is 12.2 Å².